The van der Waals surface area contributed by atoms with E-state index in [0.29, 0.717) is 5.56 Å². The normalized spacial score (nSPS) is 11.8. The zero-order valence-corrected chi connectivity index (χ0v) is 19.6. The molecule has 6 nitrogen and oxygen atoms in total. The Labute approximate surface area is 195 Å². The lowest BCUT2D eigenvalue weighted by atomic mass is 10.2. The fourth-order valence-corrected chi connectivity index (χ4v) is 4.64. The van der Waals surface area contributed by atoms with Gasteiger partial charge in [-0.2, -0.15) is 9.41 Å². The minimum atomic E-state index is -3.98. The van der Waals surface area contributed by atoms with Gasteiger partial charge in [0.05, 0.1) is 17.7 Å². The first-order valence-electron chi connectivity index (χ1n) is 9.63. The molecule has 0 aliphatic rings. The van der Waals surface area contributed by atoms with Crippen LogP contribution in [0.1, 0.15) is 16.7 Å². The molecule has 0 aromatic heterocycles. The van der Waals surface area contributed by atoms with Crippen LogP contribution in [0, 0.1) is 12.7 Å². The first kappa shape index (κ1) is 23.8. The number of sulfonamides is 1. The predicted octanol–water partition coefficient (Wildman–Crippen LogP) is 4.24. The fraction of sp³-hybridized carbons (Fsp3) is 0.130. The van der Waals surface area contributed by atoms with E-state index < -0.39 is 28.3 Å². The standard InChI is InChI=1S/C23H21BrFN3O3S/c1-17-5-11-22(12-6-17)32(30,31)28(15-18-7-9-21(25)10-8-18)16-23(29)27-26-14-19-3-2-4-20(24)13-19/h2-14H,15-16H2,1H3,(H,27,29)/b26-14-. The summed E-state index contributed by atoms with van der Waals surface area (Å²) in [6.07, 6.45) is 1.46. The van der Waals surface area contributed by atoms with Crippen LogP contribution in [0.5, 0.6) is 0 Å². The summed E-state index contributed by atoms with van der Waals surface area (Å²) < 4.78 is 41.6. The van der Waals surface area contributed by atoms with Gasteiger partial charge in [-0.1, -0.05) is 57.9 Å². The van der Waals surface area contributed by atoms with Crippen LogP contribution in [0.2, 0.25) is 0 Å². The average Bonchev–Trinajstić information content (AvgIpc) is 2.75. The van der Waals surface area contributed by atoms with Crippen molar-refractivity contribution in [1.82, 2.24) is 9.73 Å². The predicted molar refractivity (Wildman–Crippen MR) is 125 cm³/mol. The zero-order chi connectivity index (χ0) is 23.1. The van der Waals surface area contributed by atoms with Crippen LogP contribution < -0.4 is 5.43 Å². The van der Waals surface area contributed by atoms with Crippen molar-refractivity contribution in [2.75, 3.05) is 6.54 Å². The van der Waals surface area contributed by atoms with E-state index in [1.807, 2.05) is 31.2 Å². The lowest BCUT2D eigenvalue weighted by molar-refractivity contribution is -0.121. The van der Waals surface area contributed by atoms with Crippen LogP contribution >= 0.6 is 15.9 Å². The molecule has 3 aromatic rings. The molecule has 1 amide bonds. The van der Waals surface area contributed by atoms with Crippen LogP contribution in [-0.2, 0) is 21.4 Å². The highest BCUT2D eigenvalue weighted by Crippen LogP contribution is 2.19. The monoisotopic (exact) mass is 517 g/mol. The minimum Gasteiger partial charge on any atom is -0.272 e. The molecule has 0 aliphatic heterocycles. The number of rotatable bonds is 8. The van der Waals surface area contributed by atoms with E-state index in [0.717, 1.165) is 19.9 Å². The summed E-state index contributed by atoms with van der Waals surface area (Å²) in [7, 11) is -3.98. The lowest BCUT2D eigenvalue weighted by Crippen LogP contribution is -2.39. The van der Waals surface area contributed by atoms with Gasteiger partial charge >= 0.3 is 0 Å². The molecule has 0 aliphatic carbocycles. The topological polar surface area (TPSA) is 78.8 Å². The van der Waals surface area contributed by atoms with E-state index >= 15 is 0 Å². The van der Waals surface area contributed by atoms with Crippen molar-refractivity contribution < 1.29 is 17.6 Å². The molecule has 0 unspecified atom stereocenters. The average molecular weight is 518 g/mol. The van der Waals surface area contributed by atoms with Gasteiger partial charge in [0, 0.05) is 11.0 Å². The quantitative estimate of drug-likeness (QED) is 0.358. The van der Waals surface area contributed by atoms with Crippen LogP contribution in [0.3, 0.4) is 0 Å². The third-order valence-corrected chi connectivity index (χ3v) is 6.80. The maximum Gasteiger partial charge on any atom is 0.255 e. The summed E-state index contributed by atoms with van der Waals surface area (Å²) in [6, 6.07) is 19.1. The Morgan fingerprint density at radius 2 is 1.78 bits per heavy atom. The van der Waals surface area contributed by atoms with E-state index in [9.17, 15) is 17.6 Å². The number of halogens is 2. The minimum absolute atomic E-state index is 0.0654. The maximum absolute atomic E-state index is 13.3. The number of amides is 1. The molecule has 1 N–H and O–H groups in total. The molecule has 0 fully saturated rings. The van der Waals surface area contributed by atoms with Gasteiger partial charge in [-0.3, -0.25) is 4.79 Å². The number of hydrazone groups is 1. The van der Waals surface area contributed by atoms with Crippen molar-refractivity contribution in [1.29, 1.82) is 0 Å². The molecule has 32 heavy (non-hydrogen) atoms. The van der Waals surface area contributed by atoms with Gasteiger partial charge in [-0.05, 0) is 54.4 Å². The van der Waals surface area contributed by atoms with E-state index in [2.05, 4.69) is 26.5 Å². The Hall–Kier alpha value is -2.88. The number of carbonyl (C=O) groups excluding carboxylic acids is 1. The first-order chi connectivity index (χ1) is 15.2. The number of benzene rings is 3. The van der Waals surface area contributed by atoms with Crippen LogP contribution in [0.4, 0.5) is 4.39 Å². The molecular formula is C23H21BrFN3O3S. The van der Waals surface area contributed by atoms with E-state index in [1.54, 1.807) is 12.1 Å². The summed E-state index contributed by atoms with van der Waals surface area (Å²) in [5, 5.41) is 3.90. The summed E-state index contributed by atoms with van der Waals surface area (Å²) in [5.41, 5.74) is 4.58. The fourth-order valence-electron chi connectivity index (χ4n) is 2.84. The second kappa shape index (κ2) is 10.6. The summed E-state index contributed by atoms with van der Waals surface area (Å²) in [5.74, 6) is -1.03. The third-order valence-electron chi connectivity index (χ3n) is 4.50. The molecule has 0 atom stereocenters. The van der Waals surface area contributed by atoms with E-state index in [4.69, 9.17) is 0 Å². The van der Waals surface area contributed by atoms with Gasteiger partial charge in [-0.15, -0.1) is 0 Å². The van der Waals surface area contributed by atoms with Crippen LogP contribution in [-0.4, -0.2) is 31.4 Å². The number of carbonyl (C=O) groups is 1. The molecule has 0 radical (unpaired) electrons. The Bertz CT molecular complexity index is 1210. The van der Waals surface area contributed by atoms with E-state index in [-0.39, 0.29) is 11.4 Å². The Kier molecular flexibility index (Phi) is 7.89. The highest BCUT2D eigenvalue weighted by molar-refractivity contribution is 9.10. The molecule has 0 saturated heterocycles. The molecular weight excluding hydrogens is 497 g/mol. The smallest absolute Gasteiger partial charge is 0.255 e. The first-order valence-corrected chi connectivity index (χ1v) is 11.9. The zero-order valence-electron chi connectivity index (χ0n) is 17.2. The SMILES string of the molecule is Cc1ccc(S(=O)(=O)N(CC(=O)N/N=C\c2cccc(Br)c2)Cc2ccc(F)cc2)cc1. The molecule has 0 heterocycles. The molecule has 0 spiro atoms. The van der Waals surface area contributed by atoms with Gasteiger partial charge in [0.1, 0.15) is 5.82 Å². The Morgan fingerprint density at radius 3 is 2.44 bits per heavy atom. The van der Waals surface area contributed by atoms with Crippen molar-refractivity contribution >= 4 is 38.1 Å². The number of hydrogen-bond acceptors (Lipinski definition) is 4. The van der Waals surface area contributed by atoms with E-state index in [1.165, 1.54) is 42.6 Å². The van der Waals surface area contributed by atoms with Gasteiger partial charge in [0.15, 0.2) is 0 Å². The van der Waals surface area contributed by atoms with Gasteiger partial charge < -0.3 is 0 Å². The van der Waals surface area contributed by atoms with Crippen molar-refractivity contribution in [3.63, 3.8) is 0 Å². The number of hydrogen-bond donors (Lipinski definition) is 1. The van der Waals surface area contributed by atoms with Crippen molar-refractivity contribution in [2.24, 2.45) is 5.10 Å². The Morgan fingerprint density at radius 1 is 1.09 bits per heavy atom. The van der Waals surface area contributed by atoms with Gasteiger partial charge in [0.2, 0.25) is 10.0 Å². The van der Waals surface area contributed by atoms with Gasteiger partial charge in [0.25, 0.3) is 5.91 Å². The second-order valence-corrected chi connectivity index (χ2v) is 9.91. The number of nitrogens with zero attached hydrogens (tertiary/aromatic N) is 2. The van der Waals surface area contributed by atoms with Gasteiger partial charge in [-0.25, -0.2) is 18.2 Å². The van der Waals surface area contributed by atoms with Crippen molar-refractivity contribution in [2.45, 2.75) is 18.4 Å². The third kappa shape index (κ3) is 6.56. The molecule has 3 rings (SSSR count). The molecule has 9 heteroatoms. The molecule has 0 saturated carbocycles. The van der Waals surface area contributed by atoms with Crippen LogP contribution in [0.25, 0.3) is 0 Å². The Balaban J connectivity index is 1.79. The van der Waals surface area contributed by atoms with Crippen molar-refractivity contribution in [3.05, 3.63) is 99.8 Å². The van der Waals surface area contributed by atoms with Crippen LogP contribution in [0.15, 0.2) is 87.3 Å². The lowest BCUT2D eigenvalue weighted by Gasteiger charge is -2.21. The highest BCUT2D eigenvalue weighted by atomic mass is 79.9. The number of aryl methyl sites for hydroxylation is 1. The largest absolute Gasteiger partial charge is 0.272 e. The molecule has 3 aromatic carbocycles. The summed E-state index contributed by atoms with van der Waals surface area (Å²) >= 11 is 3.35. The molecule has 166 valence electrons. The maximum atomic E-state index is 13.3. The summed E-state index contributed by atoms with van der Waals surface area (Å²) in [6.45, 7) is 1.30. The van der Waals surface area contributed by atoms with Crippen molar-refractivity contribution in [3.8, 4) is 0 Å². The summed E-state index contributed by atoms with van der Waals surface area (Å²) in [4.78, 5) is 12.6. The highest BCUT2D eigenvalue weighted by Gasteiger charge is 2.27. The molecule has 0 bridgehead atoms. The number of nitrogens with one attached hydrogen (secondary N) is 1. The second-order valence-electron chi connectivity index (χ2n) is 7.06.